The third-order valence-corrected chi connectivity index (χ3v) is 5.01. The number of hydrogen-bond acceptors (Lipinski definition) is 5. The van der Waals surface area contributed by atoms with Crippen LogP contribution in [0.2, 0.25) is 0 Å². The molecule has 0 saturated carbocycles. The molecule has 0 aromatic rings. The lowest BCUT2D eigenvalue weighted by atomic mass is 9.94. The number of carbonyl (C=O) groups is 1. The van der Waals surface area contributed by atoms with Crippen molar-refractivity contribution in [3.8, 4) is 0 Å². The minimum absolute atomic E-state index is 0.0669. The lowest BCUT2D eigenvalue weighted by Gasteiger charge is -2.30. The third kappa shape index (κ3) is 5.45. The summed E-state index contributed by atoms with van der Waals surface area (Å²) in [6.45, 7) is 0.796. The number of piperidine rings is 1. The van der Waals surface area contributed by atoms with Gasteiger partial charge in [-0.1, -0.05) is 0 Å². The number of ketones is 1. The highest BCUT2D eigenvalue weighted by Crippen LogP contribution is 2.21. The van der Waals surface area contributed by atoms with Gasteiger partial charge in [0.15, 0.2) is 9.84 Å². The van der Waals surface area contributed by atoms with Crippen LogP contribution in [0.15, 0.2) is 0 Å². The van der Waals surface area contributed by atoms with Crippen molar-refractivity contribution in [2.45, 2.75) is 19.3 Å². The Morgan fingerprint density at radius 3 is 2.33 bits per heavy atom. The van der Waals surface area contributed by atoms with Crippen molar-refractivity contribution in [2.24, 2.45) is 5.92 Å². The first-order valence-corrected chi connectivity index (χ1v) is 9.63. The Balaban J connectivity index is 2.56. The van der Waals surface area contributed by atoms with Crippen molar-refractivity contribution >= 4 is 25.6 Å². The average Bonchev–Trinajstić information content (AvgIpc) is 2.13. The second-order valence-corrected chi connectivity index (χ2v) is 9.06. The van der Waals surface area contributed by atoms with E-state index in [1.54, 1.807) is 0 Å². The zero-order valence-corrected chi connectivity index (χ0v) is 12.3. The van der Waals surface area contributed by atoms with E-state index in [1.165, 1.54) is 4.31 Å². The van der Waals surface area contributed by atoms with E-state index in [9.17, 15) is 21.6 Å². The van der Waals surface area contributed by atoms with Crippen LogP contribution in [0.5, 0.6) is 0 Å². The molecule has 1 unspecified atom stereocenters. The molecular formula is C10H19NO5S2. The van der Waals surface area contributed by atoms with Gasteiger partial charge < -0.3 is 0 Å². The van der Waals surface area contributed by atoms with Crippen LogP contribution in [-0.4, -0.2) is 58.3 Å². The Labute approximate surface area is 108 Å². The molecule has 18 heavy (non-hydrogen) atoms. The smallest absolute Gasteiger partial charge is 0.211 e. The van der Waals surface area contributed by atoms with Gasteiger partial charge in [-0.05, 0) is 18.8 Å². The van der Waals surface area contributed by atoms with Gasteiger partial charge in [-0.25, -0.2) is 21.1 Å². The fourth-order valence-corrected chi connectivity index (χ4v) is 3.81. The van der Waals surface area contributed by atoms with Crippen molar-refractivity contribution in [3.63, 3.8) is 0 Å². The molecule has 0 bridgehead atoms. The minimum atomic E-state index is -3.30. The molecule has 1 fully saturated rings. The van der Waals surface area contributed by atoms with Crippen LogP contribution in [0.4, 0.5) is 0 Å². The maximum absolute atomic E-state index is 11.5. The number of sulfone groups is 1. The number of nitrogens with zero attached hydrogens (tertiary/aromatic N) is 1. The molecule has 0 aromatic heterocycles. The molecule has 0 spiro atoms. The predicted octanol–water partition coefficient (Wildman–Crippen LogP) is -0.338. The third-order valence-electron chi connectivity index (χ3n) is 2.89. The number of hydrogen-bond donors (Lipinski definition) is 0. The highest BCUT2D eigenvalue weighted by atomic mass is 32.2. The summed E-state index contributed by atoms with van der Waals surface area (Å²) in [4.78, 5) is 11.5. The molecule has 0 amide bonds. The molecule has 1 aliphatic heterocycles. The molecule has 0 N–H and O–H groups in total. The van der Waals surface area contributed by atoms with Crippen LogP contribution in [0, 0.1) is 5.92 Å². The Morgan fingerprint density at radius 2 is 1.83 bits per heavy atom. The van der Waals surface area contributed by atoms with Crippen LogP contribution < -0.4 is 0 Å². The number of rotatable bonds is 5. The van der Waals surface area contributed by atoms with Gasteiger partial charge in [0.05, 0.1) is 6.26 Å². The van der Waals surface area contributed by atoms with E-state index in [0.717, 1.165) is 18.9 Å². The highest BCUT2D eigenvalue weighted by Gasteiger charge is 2.27. The van der Waals surface area contributed by atoms with Gasteiger partial charge in [-0.3, -0.25) is 4.79 Å². The first kappa shape index (κ1) is 15.6. The van der Waals surface area contributed by atoms with Crippen molar-refractivity contribution < 1.29 is 21.6 Å². The molecule has 1 atom stereocenters. The van der Waals surface area contributed by atoms with Gasteiger partial charge in [0.2, 0.25) is 10.0 Å². The molecule has 106 valence electrons. The zero-order chi connectivity index (χ0) is 14.0. The van der Waals surface area contributed by atoms with Gasteiger partial charge in [-0.2, -0.15) is 0 Å². The Kier molecular flexibility index (Phi) is 4.90. The maximum atomic E-state index is 11.5. The summed E-state index contributed by atoms with van der Waals surface area (Å²) < 4.78 is 46.1. The molecule has 1 aliphatic rings. The van der Waals surface area contributed by atoms with Gasteiger partial charge >= 0.3 is 0 Å². The van der Waals surface area contributed by atoms with Crippen LogP contribution in [-0.2, 0) is 24.7 Å². The average molecular weight is 297 g/mol. The fraction of sp³-hybridized carbons (Fsp3) is 0.900. The quantitative estimate of drug-likeness (QED) is 0.693. The summed E-state index contributed by atoms with van der Waals surface area (Å²) in [5.41, 5.74) is 0. The first-order chi connectivity index (χ1) is 8.08. The lowest BCUT2D eigenvalue weighted by Crippen LogP contribution is -2.40. The molecule has 0 aromatic carbocycles. The van der Waals surface area contributed by atoms with E-state index in [4.69, 9.17) is 0 Å². The molecule has 0 radical (unpaired) electrons. The van der Waals surface area contributed by atoms with Gasteiger partial charge in [0, 0.05) is 25.8 Å². The lowest BCUT2D eigenvalue weighted by molar-refractivity contribution is -0.117. The molecule has 1 rings (SSSR count). The molecule has 6 nitrogen and oxygen atoms in total. The summed E-state index contributed by atoms with van der Waals surface area (Å²) in [6, 6.07) is 0. The standard InChI is InChI=1S/C10H19NO5S2/c1-17(13,14)8-10(12)6-9-4-3-5-11(7-9)18(2,15)16/h9H,3-8H2,1-2H3. The van der Waals surface area contributed by atoms with Crippen LogP contribution in [0.1, 0.15) is 19.3 Å². The zero-order valence-electron chi connectivity index (χ0n) is 10.6. The summed E-state index contributed by atoms with van der Waals surface area (Å²) in [6.07, 6.45) is 3.78. The van der Waals surface area contributed by atoms with E-state index < -0.39 is 25.6 Å². The second kappa shape index (κ2) is 5.66. The number of carbonyl (C=O) groups excluding carboxylic acids is 1. The largest absolute Gasteiger partial charge is 0.299 e. The van der Waals surface area contributed by atoms with Crippen LogP contribution in [0.25, 0.3) is 0 Å². The molecule has 8 heteroatoms. The first-order valence-electron chi connectivity index (χ1n) is 5.72. The summed E-state index contributed by atoms with van der Waals surface area (Å²) in [5.74, 6) is -0.858. The SMILES string of the molecule is CS(=O)(=O)CC(=O)CC1CCCN(S(C)(=O)=O)C1. The maximum Gasteiger partial charge on any atom is 0.211 e. The fourth-order valence-electron chi connectivity index (χ4n) is 2.17. The van der Waals surface area contributed by atoms with E-state index in [1.807, 2.05) is 0 Å². The number of sulfonamides is 1. The predicted molar refractivity (Wildman–Crippen MR) is 68.5 cm³/mol. The Bertz CT molecular complexity index is 508. The van der Waals surface area contributed by atoms with Gasteiger partial charge in [0.1, 0.15) is 11.5 Å². The minimum Gasteiger partial charge on any atom is -0.299 e. The van der Waals surface area contributed by atoms with Gasteiger partial charge in [0.25, 0.3) is 0 Å². The highest BCUT2D eigenvalue weighted by molar-refractivity contribution is 7.91. The van der Waals surface area contributed by atoms with E-state index in [-0.39, 0.29) is 18.1 Å². The van der Waals surface area contributed by atoms with Crippen LogP contribution >= 0.6 is 0 Å². The Hall–Kier alpha value is -0.470. The van der Waals surface area contributed by atoms with Crippen molar-refractivity contribution in [3.05, 3.63) is 0 Å². The van der Waals surface area contributed by atoms with Crippen molar-refractivity contribution in [2.75, 3.05) is 31.4 Å². The van der Waals surface area contributed by atoms with Crippen LogP contribution in [0.3, 0.4) is 0 Å². The molecule has 1 heterocycles. The Morgan fingerprint density at radius 1 is 1.22 bits per heavy atom. The number of Topliss-reactive ketones (excluding diaryl/α,β-unsaturated/α-hetero) is 1. The monoisotopic (exact) mass is 297 g/mol. The van der Waals surface area contributed by atoms with Crippen molar-refractivity contribution in [1.29, 1.82) is 0 Å². The molecule has 0 aliphatic carbocycles. The van der Waals surface area contributed by atoms with Gasteiger partial charge in [-0.15, -0.1) is 0 Å². The van der Waals surface area contributed by atoms with E-state index in [0.29, 0.717) is 19.5 Å². The van der Waals surface area contributed by atoms with Crippen molar-refractivity contribution in [1.82, 2.24) is 4.31 Å². The molecule has 1 saturated heterocycles. The van der Waals surface area contributed by atoms with E-state index in [2.05, 4.69) is 0 Å². The summed E-state index contributed by atoms with van der Waals surface area (Å²) in [7, 11) is -6.52. The molecular weight excluding hydrogens is 278 g/mol. The topological polar surface area (TPSA) is 88.6 Å². The van der Waals surface area contributed by atoms with E-state index >= 15 is 0 Å². The summed E-state index contributed by atoms with van der Waals surface area (Å²) in [5, 5.41) is 0. The normalized spacial score (nSPS) is 22.9. The second-order valence-electron chi connectivity index (χ2n) is 4.94. The summed E-state index contributed by atoms with van der Waals surface area (Å²) >= 11 is 0.